The Morgan fingerprint density at radius 3 is 2.56 bits per heavy atom. The molecule has 1 aliphatic heterocycles. The molecule has 2 heterocycles. The second-order valence-electron chi connectivity index (χ2n) is 9.98. The number of hydrogen-bond donors (Lipinski definition) is 0. The molecule has 216 valence electrons. The molecule has 9 heteroatoms. The van der Waals surface area contributed by atoms with E-state index in [9.17, 15) is 9.59 Å². The second kappa shape index (κ2) is 12.4. The van der Waals surface area contributed by atoms with Crippen LogP contribution in [0.5, 0.6) is 5.75 Å². The van der Waals surface area contributed by atoms with Crippen LogP contribution in [0.2, 0.25) is 0 Å². The number of benzene rings is 4. The average molecular weight is 718 g/mol. The van der Waals surface area contributed by atoms with E-state index in [0.29, 0.717) is 33.0 Å². The molecule has 0 aliphatic carbocycles. The van der Waals surface area contributed by atoms with Crippen molar-refractivity contribution in [3.8, 4) is 5.75 Å². The molecule has 4 aromatic carbocycles. The summed E-state index contributed by atoms with van der Waals surface area (Å²) in [5.74, 6) is 0.228. The Hall–Kier alpha value is -3.79. The molecule has 0 unspecified atom stereocenters. The van der Waals surface area contributed by atoms with Gasteiger partial charge in [-0.3, -0.25) is 9.36 Å². The van der Waals surface area contributed by atoms with Crippen molar-refractivity contribution in [2.45, 2.75) is 26.5 Å². The average Bonchev–Trinajstić information content (AvgIpc) is 3.30. The lowest BCUT2D eigenvalue weighted by atomic mass is 9.91. The predicted molar refractivity (Wildman–Crippen MR) is 177 cm³/mol. The number of rotatable bonds is 7. The standard InChI is InChI=1S/C34H26Br2N2O4S/c1-3-41-33(40)30-20(2)37-34-38(31(30)26-10-6-8-23-7-4-5-9-25(23)26)32(39)29(43-34)18-22-13-16-28(27(36)17-22)42-19-21-11-14-24(35)15-12-21/h4-18,31H,3,19H2,1-2H3/b29-18+/t31-/m1/s1. The Labute approximate surface area is 268 Å². The summed E-state index contributed by atoms with van der Waals surface area (Å²) in [7, 11) is 0. The lowest BCUT2D eigenvalue weighted by Gasteiger charge is -2.25. The first-order valence-electron chi connectivity index (χ1n) is 13.7. The molecule has 1 aliphatic rings. The van der Waals surface area contributed by atoms with Crippen LogP contribution >= 0.6 is 43.2 Å². The molecule has 1 atom stereocenters. The monoisotopic (exact) mass is 716 g/mol. The quantitative estimate of drug-likeness (QED) is 0.169. The van der Waals surface area contributed by atoms with Crippen molar-refractivity contribution in [2.75, 3.05) is 6.61 Å². The van der Waals surface area contributed by atoms with Crippen molar-refractivity contribution in [1.29, 1.82) is 0 Å². The third-order valence-electron chi connectivity index (χ3n) is 7.20. The van der Waals surface area contributed by atoms with Gasteiger partial charge in [0.25, 0.3) is 5.56 Å². The van der Waals surface area contributed by atoms with E-state index < -0.39 is 12.0 Å². The van der Waals surface area contributed by atoms with Gasteiger partial charge in [-0.05, 0) is 87.6 Å². The van der Waals surface area contributed by atoms with Gasteiger partial charge in [0.15, 0.2) is 4.80 Å². The van der Waals surface area contributed by atoms with Gasteiger partial charge in [-0.15, -0.1) is 0 Å². The number of carbonyl (C=O) groups excluding carboxylic acids is 1. The van der Waals surface area contributed by atoms with Crippen LogP contribution in [0.1, 0.15) is 36.6 Å². The van der Waals surface area contributed by atoms with Crippen LogP contribution in [0.15, 0.2) is 115 Å². The fourth-order valence-electron chi connectivity index (χ4n) is 5.19. The molecule has 0 amide bonds. The van der Waals surface area contributed by atoms with Crippen molar-refractivity contribution in [1.82, 2.24) is 4.57 Å². The lowest BCUT2D eigenvalue weighted by Crippen LogP contribution is -2.40. The summed E-state index contributed by atoms with van der Waals surface area (Å²) in [6.45, 7) is 4.22. The number of ether oxygens (including phenoxy) is 2. The minimum absolute atomic E-state index is 0.220. The zero-order valence-corrected chi connectivity index (χ0v) is 27.3. The number of hydrogen-bond acceptors (Lipinski definition) is 6. The lowest BCUT2D eigenvalue weighted by molar-refractivity contribution is -0.139. The van der Waals surface area contributed by atoms with Gasteiger partial charge in [-0.2, -0.15) is 0 Å². The van der Waals surface area contributed by atoms with Gasteiger partial charge in [-0.1, -0.05) is 87.9 Å². The molecule has 6 nitrogen and oxygen atoms in total. The molecule has 0 bridgehead atoms. The van der Waals surface area contributed by atoms with Crippen molar-refractivity contribution in [2.24, 2.45) is 4.99 Å². The normalized spacial score (nSPS) is 14.9. The van der Waals surface area contributed by atoms with Crippen molar-refractivity contribution < 1.29 is 14.3 Å². The molecule has 0 fully saturated rings. The summed E-state index contributed by atoms with van der Waals surface area (Å²) in [5, 5.41) is 1.98. The van der Waals surface area contributed by atoms with Crippen molar-refractivity contribution in [3.05, 3.63) is 142 Å². The van der Waals surface area contributed by atoms with Crippen molar-refractivity contribution in [3.63, 3.8) is 0 Å². The highest BCUT2D eigenvalue weighted by molar-refractivity contribution is 9.10. The van der Waals surface area contributed by atoms with Gasteiger partial charge in [-0.25, -0.2) is 9.79 Å². The van der Waals surface area contributed by atoms with E-state index in [1.807, 2.05) is 91.0 Å². The van der Waals surface area contributed by atoms with Crippen LogP contribution in [0.25, 0.3) is 16.8 Å². The van der Waals surface area contributed by atoms with Gasteiger partial charge < -0.3 is 9.47 Å². The Morgan fingerprint density at radius 2 is 1.79 bits per heavy atom. The maximum Gasteiger partial charge on any atom is 0.338 e. The van der Waals surface area contributed by atoms with Crippen LogP contribution in [0.3, 0.4) is 0 Å². The summed E-state index contributed by atoms with van der Waals surface area (Å²) >= 11 is 8.37. The van der Waals surface area contributed by atoms with E-state index in [0.717, 1.165) is 36.4 Å². The molecule has 43 heavy (non-hydrogen) atoms. The van der Waals surface area contributed by atoms with Crippen LogP contribution in [0, 0.1) is 0 Å². The number of nitrogens with zero attached hydrogens (tertiary/aromatic N) is 2. The number of fused-ring (bicyclic) bond motifs is 2. The highest BCUT2D eigenvalue weighted by Crippen LogP contribution is 2.35. The topological polar surface area (TPSA) is 69.9 Å². The summed E-state index contributed by atoms with van der Waals surface area (Å²) in [6, 6.07) is 26.9. The summed E-state index contributed by atoms with van der Waals surface area (Å²) in [5.41, 5.74) is 3.42. The fourth-order valence-corrected chi connectivity index (χ4v) is 7.01. The first kappa shape index (κ1) is 29.3. The zero-order chi connectivity index (χ0) is 30.1. The number of thiazole rings is 1. The molecule has 0 spiro atoms. The van der Waals surface area contributed by atoms with Crippen LogP contribution in [-0.2, 0) is 16.1 Å². The maximum atomic E-state index is 14.1. The van der Waals surface area contributed by atoms with Crippen LogP contribution < -0.4 is 19.6 Å². The number of allylic oxidation sites excluding steroid dienone is 1. The van der Waals surface area contributed by atoms with E-state index in [1.165, 1.54) is 11.3 Å². The van der Waals surface area contributed by atoms with E-state index in [4.69, 9.17) is 14.5 Å². The Morgan fingerprint density at radius 1 is 1.02 bits per heavy atom. The van der Waals surface area contributed by atoms with E-state index in [1.54, 1.807) is 18.4 Å². The number of carbonyl (C=O) groups is 1. The highest BCUT2D eigenvalue weighted by atomic mass is 79.9. The van der Waals surface area contributed by atoms with E-state index in [2.05, 4.69) is 31.9 Å². The fraction of sp³-hybridized carbons (Fsp3) is 0.147. The first-order valence-corrected chi connectivity index (χ1v) is 16.1. The van der Waals surface area contributed by atoms with E-state index >= 15 is 0 Å². The smallest absolute Gasteiger partial charge is 0.338 e. The van der Waals surface area contributed by atoms with Crippen LogP contribution in [-0.4, -0.2) is 17.1 Å². The first-order chi connectivity index (χ1) is 20.8. The van der Waals surface area contributed by atoms with Gasteiger partial charge in [0.2, 0.25) is 0 Å². The molecule has 0 saturated heterocycles. The highest BCUT2D eigenvalue weighted by Gasteiger charge is 2.34. The summed E-state index contributed by atoms with van der Waals surface area (Å²) in [4.78, 5) is 32.6. The predicted octanol–water partition coefficient (Wildman–Crippen LogP) is 7.06. The molecule has 0 radical (unpaired) electrons. The minimum atomic E-state index is -0.676. The third kappa shape index (κ3) is 5.89. The number of esters is 1. The van der Waals surface area contributed by atoms with Crippen molar-refractivity contribution >= 4 is 66.0 Å². The summed E-state index contributed by atoms with van der Waals surface area (Å²) in [6.07, 6.45) is 1.84. The van der Waals surface area contributed by atoms with Crippen LogP contribution in [0.4, 0.5) is 0 Å². The molecule has 0 saturated carbocycles. The zero-order valence-electron chi connectivity index (χ0n) is 23.3. The Kier molecular flexibility index (Phi) is 8.47. The SMILES string of the molecule is CCOC(=O)C1=C(C)N=c2s/c(=C/c3ccc(OCc4ccc(Br)cc4)c(Br)c3)c(=O)n2[C@@H]1c1cccc2ccccc12. The molecule has 0 N–H and O–H groups in total. The van der Waals surface area contributed by atoms with Gasteiger partial charge in [0, 0.05) is 4.47 Å². The van der Waals surface area contributed by atoms with Gasteiger partial charge in [0.05, 0.1) is 32.9 Å². The number of aromatic nitrogens is 1. The third-order valence-corrected chi connectivity index (χ3v) is 9.33. The minimum Gasteiger partial charge on any atom is -0.488 e. The largest absolute Gasteiger partial charge is 0.488 e. The van der Waals surface area contributed by atoms with Gasteiger partial charge in [0.1, 0.15) is 12.4 Å². The van der Waals surface area contributed by atoms with E-state index in [-0.39, 0.29) is 12.2 Å². The maximum absolute atomic E-state index is 14.1. The Balaban J connectivity index is 1.41. The molecular weight excluding hydrogens is 692 g/mol. The number of halogens is 2. The molecule has 1 aromatic heterocycles. The molecule has 6 rings (SSSR count). The Bertz CT molecular complexity index is 2080. The second-order valence-corrected chi connectivity index (χ2v) is 12.8. The van der Waals surface area contributed by atoms with Gasteiger partial charge >= 0.3 is 5.97 Å². The molecule has 5 aromatic rings. The summed E-state index contributed by atoms with van der Waals surface area (Å²) < 4.78 is 15.4. The molecular formula is C34H26Br2N2O4S.